The smallest absolute Gasteiger partial charge is 0.0156 e. The summed E-state index contributed by atoms with van der Waals surface area (Å²) in [7, 11) is 0. The minimum Gasteiger partial charge on any atom is -0.0845 e. The average Bonchev–Trinajstić information content (AvgIpc) is 2.07. The zero-order chi connectivity index (χ0) is 8.97. The van der Waals surface area contributed by atoms with Gasteiger partial charge in [0.15, 0.2) is 0 Å². The predicted octanol–water partition coefficient (Wildman–Crippen LogP) is 3.87. The number of allylic oxidation sites excluding steroid dienone is 6. The molecule has 0 N–H and O–H groups in total. The molecular weight excluding hydrogens is 144 g/mol. The molecule has 1 aliphatic carbocycles. The molecule has 0 bridgehead atoms. The Morgan fingerprint density at radius 3 is 3.00 bits per heavy atom. The normalized spacial score (nSPS) is 24.1. The van der Waals surface area contributed by atoms with E-state index < -0.39 is 0 Å². The molecule has 12 heavy (non-hydrogen) atoms. The Kier molecular flexibility index (Phi) is 3.33. The minimum absolute atomic E-state index is 0.705. The summed E-state index contributed by atoms with van der Waals surface area (Å²) in [4.78, 5) is 0. The van der Waals surface area contributed by atoms with Crippen molar-refractivity contribution < 1.29 is 0 Å². The first-order valence-electron chi connectivity index (χ1n) is 4.79. The van der Waals surface area contributed by atoms with E-state index in [1.54, 1.807) is 0 Å². The number of hydrogen-bond donors (Lipinski definition) is 0. The minimum atomic E-state index is 0.705. The molecule has 1 atom stereocenters. The van der Waals surface area contributed by atoms with E-state index in [4.69, 9.17) is 0 Å². The molecule has 66 valence electrons. The molecule has 0 aromatic carbocycles. The van der Waals surface area contributed by atoms with Gasteiger partial charge in [0.05, 0.1) is 0 Å². The molecule has 0 aromatic rings. The highest BCUT2D eigenvalue weighted by Gasteiger charge is 2.08. The summed E-state index contributed by atoms with van der Waals surface area (Å²) in [5.41, 5.74) is 2.89. The van der Waals surface area contributed by atoms with E-state index in [2.05, 4.69) is 45.1 Å². The lowest BCUT2D eigenvalue weighted by molar-refractivity contribution is 0.698. The highest BCUT2D eigenvalue weighted by atomic mass is 14.1. The largest absolute Gasteiger partial charge is 0.0845 e. The molecule has 0 heterocycles. The maximum Gasteiger partial charge on any atom is -0.0156 e. The summed E-state index contributed by atoms with van der Waals surface area (Å²) >= 11 is 0. The molecule has 0 nitrogen and oxygen atoms in total. The second kappa shape index (κ2) is 4.30. The van der Waals surface area contributed by atoms with Crippen LogP contribution in [0, 0.1) is 5.92 Å². The maximum atomic E-state index is 2.31. The molecule has 0 radical (unpaired) electrons. The van der Waals surface area contributed by atoms with Crippen LogP contribution in [0.25, 0.3) is 0 Å². The molecule has 0 fully saturated rings. The number of hydrogen-bond acceptors (Lipinski definition) is 0. The summed E-state index contributed by atoms with van der Waals surface area (Å²) < 4.78 is 0. The zero-order valence-corrected chi connectivity index (χ0v) is 8.30. The second-order valence-corrected chi connectivity index (χ2v) is 3.54. The Hall–Kier alpha value is -0.780. The lowest BCUT2D eigenvalue weighted by Crippen LogP contribution is -2.00. The average molecular weight is 162 g/mol. The van der Waals surface area contributed by atoms with Gasteiger partial charge in [0.25, 0.3) is 0 Å². The fourth-order valence-electron chi connectivity index (χ4n) is 1.43. The molecule has 1 rings (SSSR count). The molecule has 0 saturated carbocycles. The van der Waals surface area contributed by atoms with Gasteiger partial charge in [0, 0.05) is 0 Å². The van der Waals surface area contributed by atoms with E-state index in [-0.39, 0.29) is 0 Å². The Balaban J connectivity index is 2.72. The predicted molar refractivity (Wildman–Crippen MR) is 55.1 cm³/mol. The van der Waals surface area contributed by atoms with Gasteiger partial charge >= 0.3 is 0 Å². The second-order valence-electron chi connectivity index (χ2n) is 3.54. The highest BCUT2D eigenvalue weighted by Crippen LogP contribution is 2.24. The van der Waals surface area contributed by atoms with E-state index in [1.165, 1.54) is 17.6 Å². The first-order valence-corrected chi connectivity index (χ1v) is 4.79. The third-order valence-corrected chi connectivity index (χ3v) is 2.30. The van der Waals surface area contributed by atoms with Gasteiger partial charge in [-0.15, -0.1) is 0 Å². The van der Waals surface area contributed by atoms with Gasteiger partial charge in [-0.3, -0.25) is 0 Å². The molecule has 0 heteroatoms. The first kappa shape index (κ1) is 9.31. The van der Waals surface area contributed by atoms with Gasteiger partial charge in [-0.2, -0.15) is 0 Å². The summed E-state index contributed by atoms with van der Waals surface area (Å²) in [5.74, 6) is 0.705. The monoisotopic (exact) mass is 162 g/mol. The van der Waals surface area contributed by atoms with Crippen LogP contribution in [-0.2, 0) is 0 Å². The van der Waals surface area contributed by atoms with Crippen molar-refractivity contribution in [2.24, 2.45) is 5.92 Å². The van der Waals surface area contributed by atoms with Crippen molar-refractivity contribution in [1.29, 1.82) is 0 Å². The fourth-order valence-corrected chi connectivity index (χ4v) is 1.43. The van der Waals surface area contributed by atoms with E-state index >= 15 is 0 Å². The van der Waals surface area contributed by atoms with Crippen LogP contribution in [-0.4, -0.2) is 0 Å². The van der Waals surface area contributed by atoms with Gasteiger partial charge in [0.1, 0.15) is 0 Å². The van der Waals surface area contributed by atoms with Crippen molar-refractivity contribution in [3.05, 3.63) is 35.5 Å². The molecule has 0 aliphatic heterocycles. The SMILES string of the molecule is CCC=CC1=CC(C)=CCC1C. The Morgan fingerprint density at radius 1 is 1.58 bits per heavy atom. The van der Waals surface area contributed by atoms with E-state index in [0.29, 0.717) is 5.92 Å². The Bertz CT molecular complexity index is 228. The lowest BCUT2D eigenvalue weighted by Gasteiger charge is -2.15. The van der Waals surface area contributed by atoms with Gasteiger partial charge in [-0.05, 0) is 31.3 Å². The summed E-state index contributed by atoms with van der Waals surface area (Å²) in [5, 5.41) is 0. The van der Waals surface area contributed by atoms with Crippen molar-refractivity contribution in [3.8, 4) is 0 Å². The standard InChI is InChI=1S/C12H18/c1-4-5-6-12-9-10(2)7-8-11(12)3/h5-7,9,11H,4,8H2,1-3H3. The van der Waals surface area contributed by atoms with Gasteiger partial charge in [-0.25, -0.2) is 0 Å². The van der Waals surface area contributed by atoms with Gasteiger partial charge in [-0.1, -0.05) is 43.7 Å². The molecule has 0 aromatic heterocycles. The summed E-state index contributed by atoms with van der Waals surface area (Å²) in [6, 6.07) is 0. The van der Waals surface area contributed by atoms with Crippen molar-refractivity contribution in [3.63, 3.8) is 0 Å². The molecule has 0 amide bonds. The molecular formula is C12H18. The lowest BCUT2D eigenvalue weighted by atomic mass is 9.90. The van der Waals surface area contributed by atoms with Crippen molar-refractivity contribution >= 4 is 0 Å². The van der Waals surface area contributed by atoms with Crippen LogP contribution in [0.15, 0.2) is 35.5 Å². The maximum absolute atomic E-state index is 2.31. The van der Waals surface area contributed by atoms with Crippen molar-refractivity contribution in [2.75, 3.05) is 0 Å². The Labute approximate surface area is 75.7 Å². The van der Waals surface area contributed by atoms with Gasteiger partial charge in [0.2, 0.25) is 0 Å². The van der Waals surface area contributed by atoms with Crippen LogP contribution in [0.1, 0.15) is 33.6 Å². The molecule has 0 saturated heterocycles. The van der Waals surface area contributed by atoms with Crippen LogP contribution in [0.4, 0.5) is 0 Å². The highest BCUT2D eigenvalue weighted by molar-refractivity contribution is 5.34. The zero-order valence-electron chi connectivity index (χ0n) is 8.30. The first-order chi connectivity index (χ1) is 5.74. The molecule has 1 unspecified atom stereocenters. The van der Waals surface area contributed by atoms with E-state index in [0.717, 1.165) is 6.42 Å². The molecule has 1 aliphatic rings. The van der Waals surface area contributed by atoms with Crippen molar-refractivity contribution in [2.45, 2.75) is 33.6 Å². The third kappa shape index (κ3) is 2.37. The van der Waals surface area contributed by atoms with Crippen LogP contribution >= 0.6 is 0 Å². The number of rotatable bonds is 2. The third-order valence-electron chi connectivity index (χ3n) is 2.30. The summed E-state index contributed by atoms with van der Waals surface area (Å²) in [6.07, 6.45) is 11.4. The van der Waals surface area contributed by atoms with Gasteiger partial charge < -0.3 is 0 Å². The Morgan fingerprint density at radius 2 is 2.33 bits per heavy atom. The van der Waals surface area contributed by atoms with Crippen LogP contribution < -0.4 is 0 Å². The van der Waals surface area contributed by atoms with Crippen LogP contribution in [0.5, 0.6) is 0 Å². The van der Waals surface area contributed by atoms with Crippen LogP contribution in [0.2, 0.25) is 0 Å². The molecule has 0 spiro atoms. The summed E-state index contributed by atoms with van der Waals surface area (Å²) in [6.45, 7) is 6.63. The quantitative estimate of drug-likeness (QED) is 0.578. The van der Waals surface area contributed by atoms with E-state index in [9.17, 15) is 0 Å². The fraction of sp³-hybridized carbons (Fsp3) is 0.500. The van der Waals surface area contributed by atoms with Crippen LogP contribution in [0.3, 0.4) is 0 Å². The van der Waals surface area contributed by atoms with Crippen molar-refractivity contribution in [1.82, 2.24) is 0 Å². The van der Waals surface area contributed by atoms with E-state index in [1.807, 2.05) is 0 Å². The topological polar surface area (TPSA) is 0 Å².